The van der Waals surface area contributed by atoms with Gasteiger partial charge in [-0.2, -0.15) is 0 Å². The zero-order valence-electron chi connectivity index (χ0n) is 17.0. The SMILES string of the molecule is COc1ccc2c(OCc3nnc4ccc(C(=O)N[C@H]5CCNC5)cn34)ccnc2c1. The predicted molar refractivity (Wildman–Crippen MR) is 114 cm³/mol. The van der Waals surface area contributed by atoms with Gasteiger partial charge in [0.25, 0.3) is 5.91 Å². The Morgan fingerprint density at radius 3 is 3.03 bits per heavy atom. The molecule has 1 aliphatic heterocycles. The quantitative estimate of drug-likeness (QED) is 0.493. The standard InChI is InChI=1S/C22H22N6O3/c1-30-16-3-4-17-18(10-16)24-9-7-19(17)31-13-21-27-26-20-5-2-14(12-28(20)21)22(29)25-15-6-8-23-11-15/h2-5,7,9-10,12,15,23H,6,8,11,13H2,1H3,(H,25,29)/t15-/m0/s1. The Bertz CT molecular complexity index is 1250. The summed E-state index contributed by atoms with van der Waals surface area (Å²) in [4.78, 5) is 17.0. The summed E-state index contributed by atoms with van der Waals surface area (Å²) in [6, 6.07) is 11.2. The van der Waals surface area contributed by atoms with Gasteiger partial charge < -0.3 is 20.1 Å². The minimum Gasteiger partial charge on any atom is -0.497 e. The number of hydrogen-bond acceptors (Lipinski definition) is 7. The highest BCUT2D eigenvalue weighted by atomic mass is 16.5. The van der Waals surface area contributed by atoms with E-state index in [-0.39, 0.29) is 18.6 Å². The maximum Gasteiger partial charge on any atom is 0.253 e. The number of methoxy groups -OCH3 is 1. The summed E-state index contributed by atoms with van der Waals surface area (Å²) in [5.41, 5.74) is 1.99. The zero-order valence-corrected chi connectivity index (χ0v) is 17.0. The molecule has 0 bridgehead atoms. The number of rotatable bonds is 6. The molecule has 1 saturated heterocycles. The molecule has 3 aromatic heterocycles. The van der Waals surface area contributed by atoms with Crippen molar-refractivity contribution in [1.82, 2.24) is 30.2 Å². The average molecular weight is 418 g/mol. The van der Waals surface area contributed by atoms with Crippen molar-refractivity contribution in [3.63, 3.8) is 0 Å². The van der Waals surface area contributed by atoms with E-state index in [4.69, 9.17) is 9.47 Å². The summed E-state index contributed by atoms with van der Waals surface area (Å²) in [6.07, 6.45) is 4.38. The number of aromatic nitrogens is 4. The van der Waals surface area contributed by atoms with Crippen LogP contribution in [-0.4, -0.2) is 51.7 Å². The maximum atomic E-state index is 12.6. The van der Waals surface area contributed by atoms with Crippen LogP contribution < -0.4 is 20.1 Å². The number of ether oxygens (including phenoxy) is 2. The highest BCUT2D eigenvalue weighted by Crippen LogP contribution is 2.27. The van der Waals surface area contributed by atoms with Crippen molar-refractivity contribution in [3.05, 3.63) is 60.2 Å². The number of benzene rings is 1. The zero-order chi connectivity index (χ0) is 21.2. The van der Waals surface area contributed by atoms with Gasteiger partial charge in [-0.05, 0) is 43.3 Å². The van der Waals surface area contributed by atoms with Crippen LogP contribution >= 0.6 is 0 Å². The normalized spacial score (nSPS) is 16.0. The number of nitrogens with zero attached hydrogens (tertiary/aromatic N) is 4. The highest BCUT2D eigenvalue weighted by Gasteiger charge is 2.18. The molecule has 1 aromatic carbocycles. The first-order chi connectivity index (χ1) is 15.2. The third-order valence-electron chi connectivity index (χ3n) is 5.40. The Kier molecular flexibility index (Phi) is 5.09. The Labute approximate surface area is 178 Å². The molecule has 0 unspecified atom stereocenters. The van der Waals surface area contributed by atoms with Crippen molar-refractivity contribution in [2.45, 2.75) is 19.1 Å². The van der Waals surface area contributed by atoms with Crippen LogP contribution in [0.5, 0.6) is 11.5 Å². The lowest BCUT2D eigenvalue weighted by Crippen LogP contribution is -2.36. The molecule has 9 nitrogen and oxygen atoms in total. The molecule has 9 heteroatoms. The number of carbonyl (C=O) groups excluding carboxylic acids is 1. The van der Waals surface area contributed by atoms with Crippen molar-refractivity contribution >= 4 is 22.5 Å². The van der Waals surface area contributed by atoms with Gasteiger partial charge in [-0.25, -0.2) is 0 Å². The predicted octanol–water partition coefficient (Wildman–Crippen LogP) is 1.96. The molecule has 0 radical (unpaired) electrons. The van der Waals surface area contributed by atoms with Gasteiger partial charge in [-0.15, -0.1) is 10.2 Å². The molecule has 1 aliphatic rings. The summed E-state index contributed by atoms with van der Waals surface area (Å²) in [5, 5.41) is 15.6. The third kappa shape index (κ3) is 3.87. The van der Waals surface area contributed by atoms with E-state index in [1.807, 2.05) is 24.3 Å². The van der Waals surface area contributed by atoms with E-state index in [0.717, 1.165) is 36.2 Å². The van der Waals surface area contributed by atoms with Gasteiger partial charge in [0.2, 0.25) is 0 Å². The summed E-state index contributed by atoms with van der Waals surface area (Å²) >= 11 is 0. The number of fused-ring (bicyclic) bond motifs is 2. The molecule has 0 aliphatic carbocycles. The molecular weight excluding hydrogens is 396 g/mol. The van der Waals surface area contributed by atoms with Gasteiger partial charge in [-0.1, -0.05) is 0 Å². The smallest absolute Gasteiger partial charge is 0.253 e. The molecule has 0 saturated carbocycles. The van der Waals surface area contributed by atoms with Crippen LogP contribution in [0.3, 0.4) is 0 Å². The molecular formula is C22H22N6O3. The summed E-state index contributed by atoms with van der Waals surface area (Å²) in [7, 11) is 1.62. The monoisotopic (exact) mass is 418 g/mol. The van der Waals surface area contributed by atoms with Crippen molar-refractivity contribution in [2.75, 3.05) is 20.2 Å². The molecule has 2 N–H and O–H groups in total. The molecule has 0 spiro atoms. The van der Waals surface area contributed by atoms with Gasteiger partial charge in [0.1, 0.15) is 18.1 Å². The van der Waals surface area contributed by atoms with Crippen LogP contribution in [0.4, 0.5) is 0 Å². The number of hydrogen-bond donors (Lipinski definition) is 2. The second-order valence-corrected chi connectivity index (χ2v) is 7.41. The van der Waals surface area contributed by atoms with E-state index < -0.39 is 0 Å². The first-order valence-corrected chi connectivity index (χ1v) is 10.1. The van der Waals surface area contributed by atoms with E-state index in [1.165, 1.54) is 0 Å². The Morgan fingerprint density at radius 1 is 1.26 bits per heavy atom. The molecule has 4 aromatic rings. The lowest BCUT2D eigenvalue weighted by atomic mass is 10.2. The molecule has 1 amide bonds. The van der Waals surface area contributed by atoms with E-state index >= 15 is 0 Å². The summed E-state index contributed by atoms with van der Waals surface area (Å²) in [6.45, 7) is 1.92. The largest absolute Gasteiger partial charge is 0.497 e. The van der Waals surface area contributed by atoms with Gasteiger partial charge >= 0.3 is 0 Å². The molecule has 1 fully saturated rings. The fraction of sp³-hybridized carbons (Fsp3) is 0.273. The second kappa shape index (κ2) is 8.19. The molecule has 4 heterocycles. The van der Waals surface area contributed by atoms with Gasteiger partial charge in [0.05, 0.1) is 18.2 Å². The maximum absolute atomic E-state index is 12.6. The van der Waals surface area contributed by atoms with Gasteiger partial charge in [0, 0.05) is 36.4 Å². The first kappa shape index (κ1) is 19.3. The van der Waals surface area contributed by atoms with Gasteiger partial charge in [0.15, 0.2) is 11.5 Å². The third-order valence-corrected chi connectivity index (χ3v) is 5.40. The minimum absolute atomic E-state index is 0.106. The fourth-order valence-electron chi connectivity index (χ4n) is 3.71. The van der Waals surface area contributed by atoms with Crippen LogP contribution in [0.25, 0.3) is 16.6 Å². The Hall–Kier alpha value is -3.72. The highest BCUT2D eigenvalue weighted by molar-refractivity contribution is 5.94. The van der Waals surface area contributed by atoms with Crippen LogP contribution in [0, 0.1) is 0 Å². The lowest BCUT2D eigenvalue weighted by Gasteiger charge is -2.12. The topological polar surface area (TPSA) is 103 Å². The molecule has 5 rings (SSSR count). The molecule has 158 valence electrons. The number of carbonyl (C=O) groups is 1. The number of amides is 1. The van der Waals surface area contributed by atoms with Crippen LogP contribution in [0.15, 0.2) is 48.8 Å². The van der Waals surface area contributed by atoms with Crippen molar-refractivity contribution < 1.29 is 14.3 Å². The number of pyridine rings is 2. The average Bonchev–Trinajstić information content (AvgIpc) is 3.46. The minimum atomic E-state index is -0.106. The van der Waals surface area contributed by atoms with Crippen LogP contribution in [0.2, 0.25) is 0 Å². The van der Waals surface area contributed by atoms with E-state index in [2.05, 4.69) is 25.8 Å². The van der Waals surface area contributed by atoms with Crippen molar-refractivity contribution in [3.8, 4) is 11.5 Å². The first-order valence-electron chi connectivity index (χ1n) is 10.1. The van der Waals surface area contributed by atoms with Crippen LogP contribution in [-0.2, 0) is 6.61 Å². The Balaban J connectivity index is 1.37. The van der Waals surface area contributed by atoms with E-state index in [0.29, 0.717) is 22.8 Å². The van der Waals surface area contributed by atoms with Crippen molar-refractivity contribution in [1.29, 1.82) is 0 Å². The van der Waals surface area contributed by atoms with Crippen molar-refractivity contribution in [2.24, 2.45) is 0 Å². The summed E-state index contributed by atoms with van der Waals surface area (Å²) < 4.78 is 13.1. The van der Waals surface area contributed by atoms with Crippen LogP contribution in [0.1, 0.15) is 22.6 Å². The Morgan fingerprint density at radius 2 is 2.19 bits per heavy atom. The lowest BCUT2D eigenvalue weighted by molar-refractivity contribution is 0.0939. The van der Waals surface area contributed by atoms with E-state index in [1.54, 1.807) is 36.0 Å². The molecule has 31 heavy (non-hydrogen) atoms. The second-order valence-electron chi connectivity index (χ2n) is 7.41. The fourth-order valence-corrected chi connectivity index (χ4v) is 3.71. The van der Waals surface area contributed by atoms with E-state index in [9.17, 15) is 4.79 Å². The number of nitrogens with one attached hydrogen (secondary N) is 2. The summed E-state index contributed by atoms with van der Waals surface area (Å²) in [5.74, 6) is 1.92. The molecule has 1 atom stereocenters. The van der Waals surface area contributed by atoms with Gasteiger partial charge in [-0.3, -0.25) is 14.2 Å².